The molecule has 16 heteroatoms. The van der Waals surface area contributed by atoms with Gasteiger partial charge in [-0.1, -0.05) is 24.3 Å². The minimum Gasteiger partial charge on any atom is -0.444 e. The van der Waals surface area contributed by atoms with E-state index < -0.39 is 23.6 Å². The number of hydrogen-bond donors (Lipinski definition) is 4. The van der Waals surface area contributed by atoms with Crippen molar-refractivity contribution in [1.29, 1.82) is 0 Å². The lowest BCUT2D eigenvalue weighted by molar-refractivity contribution is -0.127. The third-order valence-corrected chi connectivity index (χ3v) is 9.75. The van der Waals surface area contributed by atoms with Crippen LogP contribution in [0.2, 0.25) is 0 Å². The Balaban J connectivity index is 1.18. The Morgan fingerprint density at radius 2 is 1.70 bits per heavy atom. The van der Waals surface area contributed by atoms with Crippen molar-refractivity contribution in [3.8, 4) is 22.5 Å². The quantitative estimate of drug-likeness (QED) is 0.134. The van der Waals surface area contributed by atoms with Crippen LogP contribution in [0.3, 0.4) is 0 Å². The van der Waals surface area contributed by atoms with Gasteiger partial charge in [-0.25, -0.2) is 4.79 Å². The number of carbonyl (C=O) groups excluding carboxylic acids is 4. The predicted octanol–water partition coefficient (Wildman–Crippen LogP) is 4.98. The second-order valence-corrected chi connectivity index (χ2v) is 15.1. The molecule has 0 saturated heterocycles. The van der Waals surface area contributed by atoms with Crippen molar-refractivity contribution in [3.05, 3.63) is 89.9 Å². The van der Waals surface area contributed by atoms with Crippen LogP contribution in [0.25, 0.3) is 22.5 Å². The molecule has 0 bridgehead atoms. The van der Waals surface area contributed by atoms with Gasteiger partial charge in [-0.2, -0.15) is 10.3 Å². The Bertz CT molecular complexity index is 2150. The van der Waals surface area contributed by atoms with Crippen molar-refractivity contribution in [1.82, 2.24) is 40.7 Å². The fourth-order valence-corrected chi connectivity index (χ4v) is 6.88. The number of alkyl carbamates (subject to hydrolysis) is 1. The molecule has 16 nitrogen and oxygen atoms in total. The summed E-state index contributed by atoms with van der Waals surface area (Å²) in [6.45, 7) is 7.81. The van der Waals surface area contributed by atoms with Crippen LogP contribution in [-0.4, -0.2) is 77.4 Å². The molecule has 4 amide bonds. The normalized spacial score (nSPS) is 16.1. The summed E-state index contributed by atoms with van der Waals surface area (Å²) in [7, 11) is 1.77. The van der Waals surface area contributed by atoms with Gasteiger partial charge in [-0.05, 0) is 112 Å². The number of nitrogens with zero attached hydrogens (tertiary/aromatic N) is 7. The summed E-state index contributed by atoms with van der Waals surface area (Å²) >= 11 is 0. The van der Waals surface area contributed by atoms with Crippen molar-refractivity contribution in [2.24, 2.45) is 24.6 Å². The molecule has 1 atom stereocenters. The van der Waals surface area contributed by atoms with Crippen LogP contribution in [0.5, 0.6) is 0 Å². The van der Waals surface area contributed by atoms with Crippen LogP contribution in [0.1, 0.15) is 68.1 Å². The molecule has 0 radical (unpaired) electrons. The Morgan fingerprint density at radius 3 is 2.29 bits per heavy atom. The lowest BCUT2D eigenvalue weighted by Gasteiger charge is -2.36. The largest absolute Gasteiger partial charge is 0.444 e. The highest BCUT2D eigenvalue weighted by Gasteiger charge is 2.36. The maximum absolute atomic E-state index is 14.5. The minimum absolute atomic E-state index is 0.174. The van der Waals surface area contributed by atoms with E-state index in [4.69, 9.17) is 10.5 Å². The molecule has 5 N–H and O–H groups in total. The highest BCUT2D eigenvalue weighted by atomic mass is 16.6. The summed E-state index contributed by atoms with van der Waals surface area (Å²) in [5.41, 5.74) is 10.3. The van der Waals surface area contributed by atoms with E-state index in [1.807, 2.05) is 52.0 Å². The number of aromatic nitrogens is 7. The molecular formula is C40H47N11O5. The monoisotopic (exact) mass is 761 g/mol. The van der Waals surface area contributed by atoms with Gasteiger partial charge in [0.2, 0.25) is 17.6 Å². The van der Waals surface area contributed by atoms with Gasteiger partial charge in [0, 0.05) is 61.2 Å². The number of benzene rings is 2. The number of aromatic amines is 1. The van der Waals surface area contributed by atoms with Crippen molar-refractivity contribution in [2.75, 3.05) is 16.8 Å². The zero-order valence-electron chi connectivity index (χ0n) is 32.2. The molecule has 56 heavy (non-hydrogen) atoms. The molecule has 1 aliphatic carbocycles. The molecule has 0 aliphatic heterocycles. The van der Waals surface area contributed by atoms with E-state index in [2.05, 4.69) is 41.3 Å². The second-order valence-electron chi connectivity index (χ2n) is 15.1. The Kier molecular flexibility index (Phi) is 11.9. The van der Waals surface area contributed by atoms with E-state index in [0.717, 1.165) is 35.1 Å². The average Bonchev–Trinajstić information content (AvgIpc) is 3.86. The highest BCUT2D eigenvalue weighted by Crippen LogP contribution is 2.33. The number of nitrogens with two attached hydrogens (primary N) is 1. The molecule has 3 aromatic heterocycles. The van der Waals surface area contributed by atoms with E-state index in [1.165, 1.54) is 4.90 Å². The van der Waals surface area contributed by atoms with Crippen LogP contribution >= 0.6 is 0 Å². The first kappa shape index (κ1) is 39.2. The molecule has 3 heterocycles. The van der Waals surface area contributed by atoms with Crippen LogP contribution in [0, 0.1) is 18.8 Å². The molecule has 0 unspecified atom stereocenters. The number of tetrazole rings is 1. The topological polar surface area (TPSA) is 216 Å². The molecule has 0 spiro atoms. The van der Waals surface area contributed by atoms with E-state index >= 15 is 0 Å². The number of nitrogens with one attached hydrogen (secondary N) is 3. The summed E-state index contributed by atoms with van der Waals surface area (Å²) in [6.07, 6.45) is 5.74. The van der Waals surface area contributed by atoms with Crippen LogP contribution in [-0.2, 0) is 27.8 Å². The van der Waals surface area contributed by atoms with Gasteiger partial charge in [0.15, 0.2) is 5.82 Å². The van der Waals surface area contributed by atoms with Gasteiger partial charge in [-0.3, -0.25) is 28.9 Å². The standard InChI is InChI=1S/C40H47N11O5/c1-24-20-32(37(53)44-34-18-19-50(5)47-34)42-23-31(24)27-10-6-25(7-11-27)21-33(35(41)52)51(30-16-14-28(15-17-30)36-45-48-49-46-36)38(54)29-12-8-26(9-13-29)22-43-39(55)56-40(2,3)4/h6-7,10-11,14-20,23,26,29,33H,8-9,12-13,21-22H2,1-5H3,(H2,41,52)(H,43,55)(H,44,47,53)(H,45,46,48,49)/t26?,29?,33-/m0/s1. The van der Waals surface area contributed by atoms with Gasteiger partial charge >= 0.3 is 6.09 Å². The lowest BCUT2D eigenvalue weighted by atomic mass is 9.81. The SMILES string of the molecule is Cc1cc(C(=O)Nc2ccn(C)n2)ncc1-c1ccc(C[C@@H](C(N)=O)N(C(=O)C2CCC(CNC(=O)OC(C)(C)C)CC2)c2ccc(-c3nn[nH]n3)cc2)cc1. The van der Waals surface area contributed by atoms with E-state index in [1.54, 1.807) is 60.5 Å². The number of aryl methyl sites for hydroxylation is 2. The van der Waals surface area contributed by atoms with Crippen molar-refractivity contribution in [3.63, 3.8) is 0 Å². The maximum atomic E-state index is 14.5. The van der Waals surface area contributed by atoms with Gasteiger partial charge in [0.25, 0.3) is 5.91 Å². The molecule has 1 saturated carbocycles. The lowest BCUT2D eigenvalue weighted by Crippen LogP contribution is -2.52. The third kappa shape index (κ3) is 9.80. The number of H-pyrrole nitrogens is 1. The molecule has 1 fully saturated rings. The first-order valence-corrected chi connectivity index (χ1v) is 18.5. The number of ether oxygens (including phenoxy) is 1. The Hall–Kier alpha value is -6.45. The summed E-state index contributed by atoms with van der Waals surface area (Å²) < 4.78 is 6.97. The fraction of sp³-hybridized carbons (Fsp3) is 0.375. The van der Waals surface area contributed by atoms with Gasteiger partial charge in [-0.15, -0.1) is 10.2 Å². The predicted molar refractivity (Wildman–Crippen MR) is 209 cm³/mol. The van der Waals surface area contributed by atoms with Crippen molar-refractivity contribution >= 4 is 35.3 Å². The van der Waals surface area contributed by atoms with Gasteiger partial charge < -0.3 is 21.1 Å². The van der Waals surface area contributed by atoms with Crippen LogP contribution in [0.15, 0.2) is 73.1 Å². The first-order chi connectivity index (χ1) is 26.7. The number of carbonyl (C=O) groups is 4. The van der Waals surface area contributed by atoms with Crippen molar-refractivity contribution < 1.29 is 23.9 Å². The molecule has 5 aromatic rings. The number of amides is 4. The number of pyridine rings is 1. The molecule has 1 aliphatic rings. The van der Waals surface area contributed by atoms with Gasteiger partial charge in [0.05, 0.1) is 0 Å². The average molecular weight is 762 g/mol. The second kappa shape index (κ2) is 16.9. The van der Waals surface area contributed by atoms with E-state index in [0.29, 0.717) is 42.3 Å². The smallest absolute Gasteiger partial charge is 0.407 e. The molecule has 6 rings (SSSR count). The molecular weight excluding hydrogens is 715 g/mol. The third-order valence-electron chi connectivity index (χ3n) is 9.75. The summed E-state index contributed by atoms with van der Waals surface area (Å²) in [5.74, 6) is -0.518. The highest BCUT2D eigenvalue weighted by molar-refractivity contribution is 6.03. The number of anilines is 2. The van der Waals surface area contributed by atoms with Crippen molar-refractivity contribution in [2.45, 2.75) is 71.4 Å². The zero-order valence-corrected chi connectivity index (χ0v) is 32.2. The number of primary amides is 1. The summed E-state index contributed by atoms with van der Waals surface area (Å²) in [6, 6.07) is 17.1. The Morgan fingerprint density at radius 1 is 1.00 bits per heavy atom. The number of hydrogen-bond acceptors (Lipinski definition) is 10. The first-order valence-electron chi connectivity index (χ1n) is 18.5. The minimum atomic E-state index is -0.990. The fourth-order valence-electron chi connectivity index (χ4n) is 6.88. The maximum Gasteiger partial charge on any atom is 0.407 e. The molecule has 2 aromatic carbocycles. The summed E-state index contributed by atoms with van der Waals surface area (Å²) in [4.78, 5) is 58.7. The van der Waals surface area contributed by atoms with Crippen LogP contribution < -0.4 is 21.3 Å². The molecule has 292 valence electrons. The zero-order chi connectivity index (χ0) is 40.0. The Labute approximate surface area is 324 Å². The summed E-state index contributed by atoms with van der Waals surface area (Å²) in [5, 5.41) is 23.9. The van der Waals surface area contributed by atoms with Crippen LogP contribution in [0.4, 0.5) is 16.3 Å². The van der Waals surface area contributed by atoms with E-state index in [-0.39, 0.29) is 35.8 Å². The van der Waals surface area contributed by atoms with E-state index in [9.17, 15) is 19.2 Å². The van der Waals surface area contributed by atoms with Gasteiger partial charge in [0.1, 0.15) is 17.3 Å². The number of rotatable bonds is 12.